The lowest BCUT2D eigenvalue weighted by molar-refractivity contribution is 0.0888. The maximum Gasteiger partial charge on any atom is 0.208 e. The number of halogens is 1. The molecule has 0 saturated carbocycles. The van der Waals surface area contributed by atoms with Crippen LogP contribution in [-0.4, -0.2) is 75.0 Å². The van der Waals surface area contributed by atoms with Crippen molar-refractivity contribution in [3.05, 3.63) is 17.3 Å². The molecule has 0 amide bonds. The largest absolute Gasteiger partial charge is 0.444 e. The van der Waals surface area contributed by atoms with Gasteiger partial charge >= 0.3 is 0 Å². The quantitative estimate of drug-likeness (QED) is 0.185. The lowest BCUT2D eigenvalue weighted by Crippen LogP contribution is -2.39. The van der Waals surface area contributed by atoms with Crippen molar-refractivity contribution in [2.75, 3.05) is 59.2 Å². The summed E-state index contributed by atoms with van der Waals surface area (Å²) in [5.41, 5.74) is 0.998. The van der Waals surface area contributed by atoms with Crippen molar-refractivity contribution >= 4 is 29.9 Å². The number of rotatable bonds is 11. The summed E-state index contributed by atoms with van der Waals surface area (Å²) in [7, 11) is 0. The van der Waals surface area contributed by atoms with Gasteiger partial charge in [-0.2, -0.15) is 0 Å². The number of aryl methyl sites for hydroxylation is 2. The van der Waals surface area contributed by atoms with E-state index in [4.69, 9.17) is 18.9 Å². The van der Waals surface area contributed by atoms with Gasteiger partial charge in [0.05, 0.1) is 25.5 Å². The van der Waals surface area contributed by atoms with Crippen LogP contribution in [0.25, 0.3) is 0 Å². The number of nitrogens with zero attached hydrogens (tertiary/aromatic N) is 3. The molecule has 2 saturated heterocycles. The number of aliphatic imine (C=N–C) groups is 1. The molecule has 0 aliphatic carbocycles. The minimum Gasteiger partial charge on any atom is -0.444 e. The third-order valence-corrected chi connectivity index (χ3v) is 6.13. The highest BCUT2D eigenvalue weighted by Gasteiger charge is 2.21. The van der Waals surface area contributed by atoms with Crippen molar-refractivity contribution in [3.63, 3.8) is 0 Å². The predicted octanol–water partition coefficient (Wildman–Crippen LogP) is 3.12. The first-order valence-corrected chi connectivity index (χ1v) is 12.0. The van der Waals surface area contributed by atoms with E-state index in [0.29, 0.717) is 11.8 Å². The van der Waals surface area contributed by atoms with E-state index in [-0.39, 0.29) is 24.0 Å². The number of guanidine groups is 1. The van der Waals surface area contributed by atoms with E-state index in [1.165, 1.54) is 12.8 Å². The second-order valence-corrected chi connectivity index (χ2v) is 8.77. The van der Waals surface area contributed by atoms with E-state index in [2.05, 4.69) is 27.4 Å². The summed E-state index contributed by atoms with van der Waals surface area (Å²) in [5, 5.41) is 6.80. The monoisotopic (exact) mass is 563 g/mol. The summed E-state index contributed by atoms with van der Waals surface area (Å²) >= 11 is 0. The van der Waals surface area contributed by atoms with Gasteiger partial charge in [0.15, 0.2) is 5.96 Å². The molecule has 2 fully saturated rings. The second-order valence-electron chi connectivity index (χ2n) is 8.77. The van der Waals surface area contributed by atoms with Gasteiger partial charge in [0.1, 0.15) is 5.76 Å². The van der Waals surface area contributed by atoms with Gasteiger partial charge in [-0.1, -0.05) is 0 Å². The molecule has 1 atom stereocenters. The van der Waals surface area contributed by atoms with E-state index in [0.717, 1.165) is 102 Å². The lowest BCUT2D eigenvalue weighted by atomic mass is 9.97. The molecule has 8 nitrogen and oxygen atoms in total. The van der Waals surface area contributed by atoms with Crippen LogP contribution in [0.2, 0.25) is 0 Å². The van der Waals surface area contributed by atoms with Gasteiger partial charge in [0.25, 0.3) is 0 Å². The van der Waals surface area contributed by atoms with Gasteiger partial charge < -0.3 is 24.5 Å². The minimum absolute atomic E-state index is 0. The molecule has 2 aliphatic rings. The van der Waals surface area contributed by atoms with Crippen molar-refractivity contribution in [3.8, 4) is 0 Å². The first-order chi connectivity index (χ1) is 15.1. The normalized spacial score (nSPS) is 20.3. The lowest BCUT2D eigenvalue weighted by Gasteiger charge is -2.30. The Kier molecular flexibility index (Phi) is 12.9. The van der Waals surface area contributed by atoms with Crippen LogP contribution >= 0.6 is 24.0 Å². The minimum atomic E-state index is 0. The molecule has 0 bridgehead atoms. The Morgan fingerprint density at radius 2 is 2.00 bits per heavy atom. The molecule has 0 spiro atoms. The molecule has 184 valence electrons. The van der Waals surface area contributed by atoms with E-state index < -0.39 is 0 Å². The van der Waals surface area contributed by atoms with Crippen molar-refractivity contribution in [1.29, 1.82) is 0 Å². The van der Waals surface area contributed by atoms with E-state index in [1.807, 2.05) is 13.8 Å². The summed E-state index contributed by atoms with van der Waals surface area (Å²) < 4.78 is 16.9. The molecular formula is C23H42IN5O3. The molecular weight excluding hydrogens is 521 g/mol. The number of oxazole rings is 1. The molecule has 3 heterocycles. The van der Waals surface area contributed by atoms with E-state index in [9.17, 15) is 0 Å². The molecule has 1 aromatic heterocycles. The van der Waals surface area contributed by atoms with Crippen molar-refractivity contribution in [2.24, 2.45) is 16.8 Å². The average molecular weight is 564 g/mol. The van der Waals surface area contributed by atoms with Crippen LogP contribution in [0.4, 0.5) is 0 Å². The van der Waals surface area contributed by atoms with Crippen LogP contribution in [0.15, 0.2) is 9.41 Å². The Hall–Kier alpha value is -0.910. The first kappa shape index (κ1) is 27.3. The molecule has 1 aromatic rings. The topological polar surface area (TPSA) is 84.2 Å². The van der Waals surface area contributed by atoms with E-state index in [1.54, 1.807) is 0 Å². The highest BCUT2D eigenvalue weighted by Crippen LogP contribution is 2.20. The summed E-state index contributed by atoms with van der Waals surface area (Å²) in [6, 6.07) is 0. The van der Waals surface area contributed by atoms with Crippen molar-refractivity contribution in [2.45, 2.75) is 53.0 Å². The Morgan fingerprint density at radius 1 is 1.19 bits per heavy atom. The molecule has 9 heteroatoms. The third-order valence-electron chi connectivity index (χ3n) is 6.13. The van der Waals surface area contributed by atoms with E-state index >= 15 is 0 Å². The number of likely N-dealkylation sites (tertiary alicyclic amines) is 1. The molecule has 32 heavy (non-hydrogen) atoms. The van der Waals surface area contributed by atoms with Gasteiger partial charge in [0, 0.05) is 38.8 Å². The van der Waals surface area contributed by atoms with Crippen LogP contribution in [0.5, 0.6) is 0 Å². The summed E-state index contributed by atoms with van der Waals surface area (Å²) in [6.07, 6.45) is 4.45. The summed E-state index contributed by atoms with van der Waals surface area (Å²) in [4.78, 5) is 11.8. The molecule has 0 radical (unpaired) electrons. The Balaban J connectivity index is 0.00000363. The van der Waals surface area contributed by atoms with Crippen LogP contribution in [0.1, 0.15) is 50.0 Å². The van der Waals surface area contributed by atoms with Crippen LogP contribution < -0.4 is 10.6 Å². The van der Waals surface area contributed by atoms with Gasteiger partial charge in [-0.15, -0.1) is 24.0 Å². The Morgan fingerprint density at radius 3 is 2.66 bits per heavy atom. The number of ether oxygens (including phenoxy) is 2. The fourth-order valence-corrected chi connectivity index (χ4v) is 4.03. The zero-order chi connectivity index (χ0) is 21.9. The van der Waals surface area contributed by atoms with Gasteiger partial charge in [-0.3, -0.25) is 9.89 Å². The zero-order valence-corrected chi connectivity index (χ0v) is 22.4. The fourth-order valence-electron chi connectivity index (χ4n) is 4.03. The van der Waals surface area contributed by atoms with Gasteiger partial charge in [-0.05, 0) is 65.5 Å². The maximum absolute atomic E-state index is 5.78. The van der Waals surface area contributed by atoms with Crippen LogP contribution in [0.3, 0.4) is 0 Å². The van der Waals surface area contributed by atoms with Crippen molar-refractivity contribution < 1.29 is 13.9 Å². The summed E-state index contributed by atoms with van der Waals surface area (Å²) in [6.45, 7) is 15.0. The second kappa shape index (κ2) is 15.1. The average Bonchev–Trinajstić information content (AvgIpc) is 3.39. The van der Waals surface area contributed by atoms with Crippen LogP contribution in [-0.2, 0) is 16.0 Å². The highest BCUT2D eigenvalue weighted by atomic mass is 127. The van der Waals surface area contributed by atoms with Crippen LogP contribution in [0, 0.1) is 25.7 Å². The maximum atomic E-state index is 5.78. The molecule has 0 aromatic carbocycles. The summed E-state index contributed by atoms with van der Waals surface area (Å²) in [5.74, 6) is 3.90. The number of hydrogen-bond donors (Lipinski definition) is 2. The molecule has 3 rings (SSSR count). The number of nitrogens with one attached hydrogen (secondary N) is 2. The number of piperidine rings is 1. The predicted molar refractivity (Wildman–Crippen MR) is 138 cm³/mol. The molecule has 2 aliphatic heterocycles. The highest BCUT2D eigenvalue weighted by molar-refractivity contribution is 14.0. The Bertz CT molecular complexity index is 651. The smallest absolute Gasteiger partial charge is 0.208 e. The van der Waals surface area contributed by atoms with Gasteiger partial charge in [0.2, 0.25) is 5.89 Å². The first-order valence-electron chi connectivity index (χ1n) is 12.0. The fraction of sp³-hybridized carbons (Fsp3) is 0.826. The Labute approximate surface area is 210 Å². The van der Waals surface area contributed by atoms with Crippen molar-refractivity contribution in [1.82, 2.24) is 20.5 Å². The number of hydrogen-bond acceptors (Lipinski definition) is 6. The third kappa shape index (κ3) is 9.52. The molecule has 1 unspecified atom stereocenters. The standard InChI is InChI=1S/C23H41N5O3.HI/c1-4-24-23(25-9-5-12-29-16-21-8-13-30-17-21)26-14-20-6-10-28(11-7-20)15-22-27-18(2)19(3)31-22;/h20-21H,4-17H2,1-3H3,(H2,24,25,26);1H. The van der Waals surface area contributed by atoms with Gasteiger partial charge in [-0.25, -0.2) is 4.98 Å². The zero-order valence-electron chi connectivity index (χ0n) is 20.0. The SMILES string of the molecule is CCNC(=NCC1CCN(Cc2nc(C)c(C)o2)CC1)NCCCOCC1CCOC1.I. The number of aromatic nitrogens is 1. The molecule has 2 N–H and O–H groups in total.